The van der Waals surface area contributed by atoms with Crippen molar-refractivity contribution in [3.8, 4) is 0 Å². The van der Waals surface area contributed by atoms with Gasteiger partial charge in [0.05, 0.1) is 0 Å². The van der Waals surface area contributed by atoms with E-state index in [0.717, 1.165) is 5.56 Å². The summed E-state index contributed by atoms with van der Waals surface area (Å²) in [5.74, 6) is 0. The molecular weight excluding hydrogens is 207 g/mol. The Morgan fingerprint density at radius 1 is 1.31 bits per heavy atom. The molecule has 2 rings (SSSR count). The Labute approximate surface area is 92.7 Å². The zero-order valence-electron chi connectivity index (χ0n) is 8.51. The third-order valence-corrected chi connectivity index (χ3v) is 2.59. The molecular formula is C13H11FO2. The lowest BCUT2D eigenvalue weighted by Crippen LogP contribution is -2.39. The average molecular weight is 218 g/mol. The highest BCUT2D eigenvalue weighted by Crippen LogP contribution is 2.27. The molecule has 16 heavy (non-hydrogen) atoms. The van der Waals surface area contributed by atoms with Crippen molar-refractivity contribution in [1.29, 1.82) is 0 Å². The topological polar surface area (TPSA) is 37.3 Å². The molecule has 2 unspecified atom stereocenters. The summed E-state index contributed by atoms with van der Waals surface area (Å²) in [6.45, 7) is 0. The van der Waals surface area contributed by atoms with E-state index in [4.69, 9.17) is 0 Å². The molecule has 82 valence electrons. The fourth-order valence-electron chi connectivity index (χ4n) is 1.59. The summed E-state index contributed by atoms with van der Waals surface area (Å²) in [6, 6.07) is 9.24. The Morgan fingerprint density at radius 3 is 2.56 bits per heavy atom. The number of benzene rings is 1. The highest BCUT2D eigenvalue weighted by molar-refractivity contribution is 5.80. The molecule has 0 aliphatic heterocycles. The van der Waals surface area contributed by atoms with Gasteiger partial charge in [-0.05, 0) is 23.3 Å². The maximum Gasteiger partial charge on any atom is 0.173 e. The number of hydrogen-bond acceptors (Lipinski definition) is 2. The fourth-order valence-corrected chi connectivity index (χ4v) is 1.59. The smallest absolute Gasteiger partial charge is 0.173 e. The number of aliphatic hydroxyl groups is 1. The van der Waals surface area contributed by atoms with Gasteiger partial charge in [-0.25, -0.2) is 4.39 Å². The molecule has 2 nitrogen and oxygen atoms in total. The largest absolute Gasteiger partial charge is 0.375 e. The first-order valence-electron chi connectivity index (χ1n) is 4.95. The second kappa shape index (κ2) is 4.02. The van der Waals surface area contributed by atoms with Gasteiger partial charge in [-0.1, -0.05) is 36.4 Å². The van der Waals surface area contributed by atoms with Crippen molar-refractivity contribution < 1.29 is 14.3 Å². The van der Waals surface area contributed by atoms with Crippen LogP contribution in [0.5, 0.6) is 0 Å². The molecule has 0 fully saturated rings. The van der Waals surface area contributed by atoms with Gasteiger partial charge >= 0.3 is 0 Å². The predicted octanol–water partition coefficient (Wildman–Crippen LogP) is 1.91. The van der Waals surface area contributed by atoms with Gasteiger partial charge < -0.3 is 5.11 Å². The van der Waals surface area contributed by atoms with E-state index in [-0.39, 0.29) is 6.29 Å². The monoisotopic (exact) mass is 218 g/mol. The maximum atomic E-state index is 13.6. The summed E-state index contributed by atoms with van der Waals surface area (Å²) in [4.78, 5) is 10.6. The van der Waals surface area contributed by atoms with Gasteiger partial charge in [0.1, 0.15) is 0 Å². The van der Waals surface area contributed by atoms with Crippen LogP contribution in [-0.2, 0) is 4.79 Å². The molecule has 0 saturated heterocycles. The highest BCUT2D eigenvalue weighted by atomic mass is 19.1. The number of alkyl halides is 1. The minimum Gasteiger partial charge on any atom is -0.375 e. The van der Waals surface area contributed by atoms with Crippen molar-refractivity contribution in [2.75, 3.05) is 0 Å². The zero-order chi connectivity index (χ0) is 11.6. The van der Waals surface area contributed by atoms with Crippen LogP contribution in [0.2, 0.25) is 0 Å². The lowest BCUT2D eigenvalue weighted by molar-refractivity contribution is -0.123. The first-order valence-corrected chi connectivity index (χ1v) is 4.95. The van der Waals surface area contributed by atoms with Crippen molar-refractivity contribution in [3.63, 3.8) is 0 Å². The number of carbonyl (C=O) groups excluding carboxylic acids is 1. The SMILES string of the molecule is O=CC1(O)C=CC(c2ccccc2)=CC1F. The van der Waals surface area contributed by atoms with Crippen molar-refractivity contribution in [2.24, 2.45) is 0 Å². The van der Waals surface area contributed by atoms with Crippen LogP contribution in [-0.4, -0.2) is 23.2 Å². The van der Waals surface area contributed by atoms with E-state index >= 15 is 0 Å². The van der Waals surface area contributed by atoms with Gasteiger partial charge in [0.25, 0.3) is 0 Å². The quantitative estimate of drug-likeness (QED) is 0.770. The van der Waals surface area contributed by atoms with E-state index < -0.39 is 11.8 Å². The molecule has 0 radical (unpaired) electrons. The number of aldehydes is 1. The number of rotatable bonds is 2. The molecule has 0 saturated carbocycles. The highest BCUT2D eigenvalue weighted by Gasteiger charge is 2.35. The van der Waals surface area contributed by atoms with Crippen molar-refractivity contribution in [2.45, 2.75) is 11.8 Å². The van der Waals surface area contributed by atoms with Gasteiger partial charge in [0.2, 0.25) is 0 Å². The summed E-state index contributed by atoms with van der Waals surface area (Å²) in [5, 5.41) is 9.54. The second-order valence-corrected chi connectivity index (χ2v) is 3.73. The lowest BCUT2D eigenvalue weighted by Gasteiger charge is -2.24. The molecule has 0 heterocycles. The Kier molecular flexibility index (Phi) is 2.71. The molecule has 0 aromatic heterocycles. The fraction of sp³-hybridized carbons (Fsp3) is 0.154. The Hall–Kier alpha value is -1.74. The Morgan fingerprint density at radius 2 is 2.00 bits per heavy atom. The summed E-state index contributed by atoms with van der Waals surface area (Å²) in [6.07, 6.45) is 2.51. The van der Waals surface area contributed by atoms with E-state index in [0.29, 0.717) is 5.57 Å². The molecule has 1 N–H and O–H groups in total. The number of halogens is 1. The van der Waals surface area contributed by atoms with Crippen LogP contribution in [0.15, 0.2) is 48.6 Å². The van der Waals surface area contributed by atoms with E-state index in [2.05, 4.69) is 0 Å². The molecule has 2 atom stereocenters. The first kappa shape index (κ1) is 10.8. The van der Waals surface area contributed by atoms with Crippen LogP contribution in [0.25, 0.3) is 5.57 Å². The van der Waals surface area contributed by atoms with Crippen LogP contribution >= 0.6 is 0 Å². The summed E-state index contributed by atoms with van der Waals surface area (Å²) < 4.78 is 13.6. The van der Waals surface area contributed by atoms with E-state index in [1.807, 2.05) is 30.3 Å². The molecule has 1 aromatic carbocycles. The molecule has 1 aliphatic rings. The van der Waals surface area contributed by atoms with Crippen molar-refractivity contribution in [1.82, 2.24) is 0 Å². The number of hydrogen-bond donors (Lipinski definition) is 1. The average Bonchev–Trinajstić information content (AvgIpc) is 2.34. The summed E-state index contributed by atoms with van der Waals surface area (Å²) in [7, 11) is 0. The number of allylic oxidation sites excluding steroid dienone is 2. The van der Waals surface area contributed by atoms with Crippen LogP contribution in [0.4, 0.5) is 4.39 Å². The van der Waals surface area contributed by atoms with Crippen LogP contribution in [0, 0.1) is 0 Å². The standard InChI is InChI=1S/C13H11FO2/c14-12-8-11(6-7-13(12,16)9-15)10-4-2-1-3-5-10/h1-9,12,16H. The molecule has 1 aromatic rings. The van der Waals surface area contributed by atoms with Crippen molar-refractivity contribution >= 4 is 11.9 Å². The minimum atomic E-state index is -2.02. The normalized spacial score (nSPS) is 28.6. The first-order chi connectivity index (χ1) is 7.65. The zero-order valence-corrected chi connectivity index (χ0v) is 8.51. The Balaban J connectivity index is 2.33. The second-order valence-electron chi connectivity index (χ2n) is 3.73. The van der Waals surface area contributed by atoms with E-state index in [9.17, 15) is 14.3 Å². The predicted molar refractivity (Wildman–Crippen MR) is 59.5 cm³/mol. The molecule has 0 bridgehead atoms. The summed E-state index contributed by atoms with van der Waals surface area (Å²) in [5.41, 5.74) is -0.493. The lowest BCUT2D eigenvalue weighted by atomic mass is 9.89. The number of carbonyl (C=O) groups is 1. The third kappa shape index (κ3) is 1.82. The van der Waals surface area contributed by atoms with Gasteiger partial charge in [-0.3, -0.25) is 4.79 Å². The maximum absolute atomic E-state index is 13.6. The summed E-state index contributed by atoms with van der Waals surface area (Å²) >= 11 is 0. The Bertz CT molecular complexity index is 450. The van der Waals surface area contributed by atoms with E-state index in [1.54, 1.807) is 6.08 Å². The van der Waals surface area contributed by atoms with Gasteiger partial charge in [-0.15, -0.1) is 0 Å². The molecule has 1 aliphatic carbocycles. The molecule has 3 heteroatoms. The third-order valence-electron chi connectivity index (χ3n) is 2.59. The van der Waals surface area contributed by atoms with Gasteiger partial charge in [0, 0.05) is 0 Å². The van der Waals surface area contributed by atoms with Gasteiger partial charge in [-0.2, -0.15) is 0 Å². The van der Waals surface area contributed by atoms with E-state index in [1.165, 1.54) is 12.2 Å². The van der Waals surface area contributed by atoms with Crippen LogP contribution in [0.3, 0.4) is 0 Å². The molecule has 0 amide bonds. The molecule has 0 spiro atoms. The van der Waals surface area contributed by atoms with Crippen LogP contribution < -0.4 is 0 Å². The van der Waals surface area contributed by atoms with Gasteiger partial charge in [0.15, 0.2) is 18.1 Å². The van der Waals surface area contributed by atoms with Crippen molar-refractivity contribution in [3.05, 3.63) is 54.1 Å². The minimum absolute atomic E-state index is 0.215. The van der Waals surface area contributed by atoms with Crippen LogP contribution in [0.1, 0.15) is 5.56 Å².